The van der Waals surface area contributed by atoms with Gasteiger partial charge in [-0.15, -0.1) is 0 Å². The van der Waals surface area contributed by atoms with Crippen LogP contribution in [0.4, 0.5) is 16.3 Å². The largest absolute Gasteiger partial charge is 0.491 e. The highest BCUT2D eigenvalue weighted by Gasteiger charge is 2.23. The van der Waals surface area contributed by atoms with Crippen LogP contribution < -0.4 is 20.7 Å². The first-order valence-electron chi connectivity index (χ1n) is 9.05. The lowest BCUT2D eigenvalue weighted by molar-refractivity contribution is 0.250. The Balaban J connectivity index is 1.50. The predicted octanol–water partition coefficient (Wildman–Crippen LogP) is 4.31. The lowest BCUT2D eigenvalue weighted by atomic mass is 10.1. The molecule has 6 heteroatoms. The Morgan fingerprint density at radius 2 is 2.00 bits per heavy atom. The minimum absolute atomic E-state index is 0.0884. The Labute approximate surface area is 157 Å². The fraction of sp³-hybridized carbons (Fsp3) is 0.238. The van der Waals surface area contributed by atoms with Crippen LogP contribution in [0.25, 0.3) is 10.9 Å². The van der Waals surface area contributed by atoms with Gasteiger partial charge in [-0.25, -0.2) is 9.78 Å². The van der Waals surface area contributed by atoms with Crippen LogP contribution in [0.3, 0.4) is 0 Å². The van der Waals surface area contributed by atoms with Crippen molar-refractivity contribution in [3.05, 3.63) is 60.2 Å². The van der Waals surface area contributed by atoms with Gasteiger partial charge in [0.25, 0.3) is 0 Å². The first-order chi connectivity index (χ1) is 13.1. The molecule has 4 rings (SSSR count). The Morgan fingerprint density at radius 1 is 1.15 bits per heavy atom. The molecule has 27 heavy (non-hydrogen) atoms. The van der Waals surface area contributed by atoms with Crippen molar-refractivity contribution in [1.82, 2.24) is 10.3 Å². The maximum absolute atomic E-state index is 11.8. The molecule has 2 amide bonds. The van der Waals surface area contributed by atoms with Gasteiger partial charge in [0.2, 0.25) is 0 Å². The monoisotopic (exact) mass is 362 g/mol. The van der Waals surface area contributed by atoms with Gasteiger partial charge in [-0.3, -0.25) is 0 Å². The number of nitrogens with one attached hydrogen (secondary N) is 3. The molecule has 6 nitrogen and oxygen atoms in total. The zero-order valence-corrected chi connectivity index (χ0v) is 15.3. The normalized spacial score (nSPS) is 15.3. The Morgan fingerprint density at radius 3 is 2.85 bits per heavy atom. The summed E-state index contributed by atoms with van der Waals surface area (Å²) >= 11 is 0. The van der Waals surface area contributed by atoms with E-state index in [0.29, 0.717) is 6.61 Å². The van der Waals surface area contributed by atoms with Crippen LogP contribution in [0.2, 0.25) is 0 Å². The molecule has 0 aliphatic carbocycles. The molecule has 3 N–H and O–H groups in total. The predicted molar refractivity (Wildman–Crippen MR) is 107 cm³/mol. The van der Waals surface area contributed by atoms with E-state index in [1.165, 1.54) is 0 Å². The Bertz CT molecular complexity index is 987. The van der Waals surface area contributed by atoms with E-state index in [0.717, 1.165) is 33.7 Å². The number of hydrogen-bond acceptors (Lipinski definition) is 4. The second-order valence-electron chi connectivity index (χ2n) is 6.90. The number of pyridine rings is 1. The molecule has 0 bridgehead atoms. The number of nitrogens with zero attached hydrogens (tertiary/aromatic N) is 1. The first-order valence-corrected chi connectivity index (χ1v) is 9.05. The van der Waals surface area contributed by atoms with E-state index in [2.05, 4.69) is 27.0 Å². The fourth-order valence-corrected chi connectivity index (χ4v) is 3.17. The summed E-state index contributed by atoms with van der Waals surface area (Å²) in [5, 5.41) is 10.1. The molecule has 138 valence electrons. The van der Waals surface area contributed by atoms with Gasteiger partial charge in [-0.2, -0.15) is 0 Å². The maximum Gasteiger partial charge on any atom is 0.319 e. The van der Waals surface area contributed by atoms with E-state index in [-0.39, 0.29) is 18.1 Å². The van der Waals surface area contributed by atoms with Gasteiger partial charge in [0, 0.05) is 22.7 Å². The molecule has 1 aliphatic rings. The van der Waals surface area contributed by atoms with Crippen LogP contribution in [0, 0.1) is 0 Å². The number of fused-ring (bicyclic) bond motifs is 2. The lowest BCUT2D eigenvalue weighted by Crippen LogP contribution is -2.34. The first kappa shape index (κ1) is 17.1. The summed E-state index contributed by atoms with van der Waals surface area (Å²) in [5.74, 6) is 1.72. The van der Waals surface area contributed by atoms with Gasteiger partial charge < -0.3 is 20.7 Å². The van der Waals surface area contributed by atoms with Crippen molar-refractivity contribution in [2.75, 3.05) is 17.2 Å². The molecule has 0 saturated carbocycles. The van der Waals surface area contributed by atoms with Crippen LogP contribution in [0.15, 0.2) is 54.6 Å². The number of urea groups is 1. The van der Waals surface area contributed by atoms with E-state index in [1.807, 2.05) is 62.4 Å². The number of aromatic nitrogens is 1. The molecular weight excluding hydrogens is 340 g/mol. The number of rotatable bonds is 4. The molecule has 0 spiro atoms. The van der Waals surface area contributed by atoms with Crippen molar-refractivity contribution in [2.24, 2.45) is 0 Å². The molecule has 1 aliphatic heterocycles. The highest BCUT2D eigenvalue weighted by molar-refractivity contribution is 5.93. The molecule has 0 saturated heterocycles. The number of para-hydroxylation sites is 1. The van der Waals surface area contributed by atoms with Crippen LogP contribution in [0.1, 0.15) is 25.5 Å². The smallest absolute Gasteiger partial charge is 0.319 e. The summed E-state index contributed by atoms with van der Waals surface area (Å²) in [5.41, 5.74) is 2.75. The van der Waals surface area contributed by atoms with Gasteiger partial charge in [-0.1, -0.05) is 18.2 Å². The van der Waals surface area contributed by atoms with Crippen LogP contribution in [-0.4, -0.2) is 23.7 Å². The van der Waals surface area contributed by atoms with Gasteiger partial charge >= 0.3 is 6.03 Å². The third-order valence-electron chi connectivity index (χ3n) is 4.39. The molecule has 2 aromatic carbocycles. The minimum Gasteiger partial charge on any atom is -0.491 e. The number of ether oxygens (including phenoxy) is 1. The summed E-state index contributed by atoms with van der Waals surface area (Å²) in [6.45, 7) is 4.44. The summed E-state index contributed by atoms with van der Waals surface area (Å²) in [6, 6.07) is 17.6. The van der Waals surface area contributed by atoms with Crippen molar-refractivity contribution in [1.29, 1.82) is 0 Å². The number of hydrogen-bond donors (Lipinski definition) is 3. The molecule has 0 radical (unpaired) electrons. The maximum atomic E-state index is 11.8. The quantitative estimate of drug-likeness (QED) is 0.646. The number of amides is 2. The average molecular weight is 362 g/mol. The third kappa shape index (κ3) is 3.79. The van der Waals surface area contributed by atoms with Crippen molar-refractivity contribution in [3.8, 4) is 5.75 Å². The average Bonchev–Trinajstić information content (AvgIpc) is 3.04. The van der Waals surface area contributed by atoms with Crippen molar-refractivity contribution >= 4 is 28.4 Å². The number of anilines is 2. The number of carbonyl (C=O) groups is 1. The SMILES string of the molecule is CC(C)NC(=O)Nc1ccc2nc(NC3COc4ccccc43)ccc2c1. The van der Waals surface area contributed by atoms with Crippen LogP contribution >= 0.6 is 0 Å². The Kier molecular flexibility index (Phi) is 4.54. The molecule has 0 fully saturated rings. The van der Waals surface area contributed by atoms with Crippen molar-refractivity contribution in [3.63, 3.8) is 0 Å². The molecule has 1 aromatic heterocycles. The highest BCUT2D eigenvalue weighted by Crippen LogP contribution is 2.34. The highest BCUT2D eigenvalue weighted by atomic mass is 16.5. The van der Waals surface area contributed by atoms with Crippen LogP contribution in [-0.2, 0) is 0 Å². The second-order valence-corrected chi connectivity index (χ2v) is 6.90. The summed E-state index contributed by atoms with van der Waals surface area (Å²) in [7, 11) is 0. The molecule has 2 heterocycles. The van der Waals surface area contributed by atoms with Gasteiger partial charge in [0.1, 0.15) is 18.2 Å². The fourth-order valence-electron chi connectivity index (χ4n) is 3.17. The lowest BCUT2D eigenvalue weighted by Gasteiger charge is -2.13. The summed E-state index contributed by atoms with van der Waals surface area (Å²) < 4.78 is 5.71. The topological polar surface area (TPSA) is 75.3 Å². The minimum atomic E-state index is -0.213. The zero-order chi connectivity index (χ0) is 18.8. The van der Waals surface area contributed by atoms with Gasteiger partial charge in [0.05, 0.1) is 11.6 Å². The van der Waals surface area contributed by atoms with E-state index in [4.69, 9.17) is 4.74 Å². The zero-order valence-electron chi connectivity index (χ0n) is 15.3. The third-order valence-corrected chi connectivity index (χ3v) is 4.39. The van der Waals surface area contributed by atoms with E-state index in [9.17, 15) is 4.79 Å². The standard InChI is InChI=1S/C21H22N4O2/c1-13(2)22-21(26)23-15-8-9-17-14(11-15)7-10-20(24-17)25-18-12-27-19-6-4-3-5-16(18)19/h3-11,13,18H,12H2,1-2H3,(H,24,25)(H2,22,23,26). The number of carbonyl (C=O) groups excluding carboxylic acids is 1. The van der Waals surface area contributed by atoms with Gasteiger partial charge in [0.15, 0.2) is 0 Å². The van der Waals surface area contributed by atoms with Crippen molar-refractivity contribution < 1.29 is 9.53 Å². The van der Waals surface area contributed by atoms with E-state index < -0.39 is 0 Å². The molecule has 1 unspecified atom stereocenters. The summed E-state index contributed by atoms with van der Waals surface area (Å²) in [6.07, 6.45) is 0. The summed E-state index contributed by atoms with van der Waals surface area (Å²) in [4.78, 5) is 16.5. The number of benzene rings is 2. The van der Waals surface area contributed by atoms with E-state index in [1.54, 1.807) is 0 Å². The van der Waals surface area contributed by atoms with Gasteiger partial charge in [-0.05, 0) is 50.2 Å². The molecule has 1 atom stereocenters. The molecule has 3 aromatic rings. The van der Waals surface area contributed by atoms with Crippen LogP contribution in [0.5, 0.6) is 5.75 Å². The second kappa shape index (κ2) is 7.15. The van der Waals surface area contributed by atoms with E-state index >= 15 is 0 Å². The van der Waals surface area contributed by atoms with Crippen molar-refractivity contribution in [2.45, 2.75) is 25.9 Å². The molecular formula is C21H22N4O2. The Hall–Kier alpha value is -3.28.